The molecule has 1 unspecified atom stereocenters. The van der Waals surface area contributed by atoms with Gasteiger partial charge in [-0.25, -0.2) is 9.83 Å². The third-order valence-electron chi connectivity index (χ3n) is 1.64. The van der Waals surface area contributed by atoms with E-state index in [0.717, 1.165) is 18.7 Å². The summed E-state index contributed by atoms with van der Waals surface area (Å²) in [5, 5.41) is 0. The Morgan fingerprint density at radius 3 is 2.82 bits per heavy atom. The lowest BCUT2D eigenvalue weighted by Gasteiger charge is -2.07. The maximum atomic E-state index is 5.23. The molecule has 0 saturated heterocycles. The first-order chi connectivity index (χ1) is 5.24. The zero-order chi connectivity index (χ0) is 8.27. The predicted octanol–water partition coefficient (Wildman–Crippen LogP) is 1.70. The molecule has 0 aromatic heterocycles. The number of aliphatic imine (C=N–C) groups is 1. The Morgan fingerprint density at radius 2 is 2.36 bits per heavy atom. The summed E-state index contributed by atoms with van der Waals surface area (Å²) in [6.45, 7) is 6.34. The van der Waals surface area contributed by atoms with Crippen molar-refractivity contribution in [3.63, 3.8) is 0 Å². The molecular weight excluding hydrogens is 140 g/mol. The highest BCUT2D eigenvalue weighted by Crippen LogP contribution is 2.12. The Kier molecular flexibility index (Phi) is 2.88. The van der Waals surface area contributed by atoms with Crippen molar-refractivity contribution in [1.82, 2.24) is 5.48 Å². The average Bonchev–Trinajstić information content (AvgIpc) is 2.37. The molecule has 1 aliphatic heterocycles. The van der Waals surface area contributed by atoms with Gasteiger partial charge in [0.15, 0.2) is 6.23 Å². The molecule has 1 heterocycles. The van der Waals surface area contributed by atoms with Gasteiger partial charge >= 0.3 is 0 Å². The topological polar surface area (TPSA) is 33.6 Å². The van der Waals surface area contributed by atoms with Gasteiger partial charge in [-0.2, -0.15) is 0 Å². The molecule has 3 nitrogen and oxygen atoms in total. The number of nitrogens with one attached hydrogen (secondary N) is 1. The van der Waals surface area contributed by atoms with E-state index in [9.17, 15) is 0 Å². The first kappa shape index (κ1) is 8.53. The first-order valence-corrected chi connectivity index (χ1v) is 4.22. The molecule has 1 atom stereocenters. The highest BCUT2D eigenvalue weighted by atomic mass is 16.7. The summed E-state index contributed by atoms with van der Waals surface area (Å²) < 4.78 is 0. The van der Waals surface area contributed by atoms with Crippen LogP contribution in [-0.2, 0) is 4.84 Å². The molecule has 64 valence electrons. The van der Waals surface area contributed by atoms with Gasteiger partial charge in [0, 0.05) is 12.3 Å². The van der Waals surface area contributed by atoms with Crippen molar-refractivity contribution in [3.05, 3.63) is 0 Å². The third-order valence-corrected chi connectivity index (χ3v) is 1.64. The number of hydrogen-bond acceptors (Lipinski definition) is 3. The summed E-state index contributed by atoms with van der Waals surface area (Å²) in [5.41, 5.74) is 2.84. The molecule has 1 aliphatic rings. The fourth-order valence-electron chi connectivity index (χ4n) is 0.972. The molecule has 0 saturated carbocycles. The molecule has 0 aromatic carbocycles. The Balaban J connectivity index is 2.40. The van der Waals surface area contributed by atoms with Gasteiger partial charge in [0.1, 0.15) is 5.84 Å². The lowest BCUT2D eigenvalue weighted by molar-refractivity contribution is 0.0102. The third kappa shape index (κ3) is 2.19. The monoisotopic (exact) mass is 156 g/mol. The normalized spacial score (nSPS) is 23.6. The number of amidine groups is 1. The highest BCUT2D eigenvalue weighted by Gasteiger charge is 2.19. The van der Waals surface area contributed by atoms with Crippen molar-refractivity contribution in [2.24, 2.45) is 10.9 Å². The largest absolute Gasteiger partial charge is 0.251 e. The summed E-state index contributed by atoms with van der Waals surface area (Å²) in [6.07, 6.45) is 2.13. The van der Waals surface area contributed by atoms with Crippen molar-refractivity contribution in [1.29, 1.82) is 0 Å². The van der Waals surface area contributed by atoms with Crippen LogP contribution in [0.2, 0.25) is 0 Å². The maximum absolute atomic E-state index is 5.23. The van der Waals surface area contributed by atoms with E-state index in [0.29, 0.717) is 5.92 Å². The number of nitrogens with zero attached hydrogens (tertiary/aromatic N) is 1. The molecule has 0 radical (unpaired) electrons. The van der Waals surface area contributed by atoms with Crippen LogP contribution in [0.15, 0.2) is 4.99 Å². The minimum Gasteiger partial charge on any atom is -0.251 e. The van der Waals surface area contributed by atoms with E-state index in [-0.39, 0.29) is 6.23 Å². The van der Waals surface area contributed by atoms with Crippen molar-refractivity contribution < 1.29 is 4.84 Å². The molecule has 1 rings (SSSR count). The van der Waals surface area contributed by atoms with Gasteiger partial charge < -0.3 is 0 Å². The molecule has 0 aliphatic carbocycles. The second kappa shape index (κ2) is 3.72. The van der Waals surface area contributed by atoms with Gasteiger partial charge in [-0.05, 0) is 6.42 Å². The van der Waals surface area contributed by atoms with E-state index in [2.05, 4.69) is 31.2 Å². The summed E-state index contributed by atoms with van der Waals surface area (Å²) in [5.74, 6) is 1.45. The first-order valence-electron chi connectivity index (χ1n) is 4.22. The zero-order valence-electron chi connectivity index (χ0n) is 7.42. The molecule has 0 bridgehead atoms. The van der Waals surface area contributed by atoms with Gasteiger partial charge in [0.05, 0.1) is 0 Å². The fourth-order valence-corrected chi connectivity index (χ4v) is 0.972. The van der Waals surface area contributed by atoms with Crippen molar-refractivity contribution in [2.75, 3.05) is 0 Å². The highest BCUT2D eigenvalue weighted by molar-refractivity contribution is 5.82. The summed E-state index contributed by atoms with van der Waals surface area (Å²) in [6, 6.07) is 0. The minimum atomic E-state index is 0.0246. The van der Waals surface area contributed by atoms with E-state index < -0.39 is 0 Å². The van der Waals surface area contributed by atoms with Crippen LogP contribution < -0.4 is 5.48 Å². The van der Waals surface area contributed by atoms with Crippen LogP contribution in [0.25, 0.3) is 0 Å². The van der Waals surface area contributed by atoms with Gasteiger partial charge in [-0.15, -0.1) is 0 Å². The molecule has 11 heavy (non-hydrogen) atoms. The standard InChI is InChI=1S/C8H16N2O/c1-4-5-7-9-8(6(2)3)11-10-7/h6,8H,4-5H2,1-3H3,(H,9,10). The van der Waals surface area contributed by atoms with Crippen molar-refractivity contribution in [2.45, 2.75) is 39.8 Å². The van der Waals surface area contributed by atoms with Gasteiger partial charge in [-0.1, -0.05) is 20.8 Å². The smallest absolute Gasteiger partial charge is 0.179 e. The molecule has 3 heteroatoms. The summed E-state index contributed by atoms with van der Waals surface area (Å²) in [7, 11) is 0. The Hall–Kier alpha value is -0.570. The molecular formula is C8H16N2O. The van der Waals surface area contributed by atoms with Gasteiger partial charge in [0.25, 0.3) is 0 Å². The summed E-state index contributed by atoms with van der Waals surface area (Å²) in [4.78, 5) is 9.59. The van der Waals surface area contributed by atoms with Crippen LogP contribution in [-0.4, -0.2) is 12.1 Å². The predicted molar refractivity (Wildman–Crippen MR) is 45.2 cm³/mol. The zero-order valence-corrected chi connectivity index (χ0v) is 7.42. The van der Waals surface area contributed by atoms with Crippen LogP contribution in [0, 0.1) is 5.92 Å². The number of hydrogen-bond donors (Lipinski definition) is 1. The molecule has 0 spiro atoms. The van der Waals surface area contributed by atoms with Crippen LogP contribution in [0.4, 0.5) is 0 Å². The van der Waals surface area contributed by atoms with Gasteiger partial charge in [0.2, 0.25) is 0 Å². The van der Waals surface area contributed by atoms with Crippen LogP contribution >= 0.6 is 0 Å². The quantitative estimate of drug-likeness (QED) is 0.674. The van der Waals surface area contributed by atoms with Gasteiger partial charge in [-0.3, -0.25) is 5.48 Å². The second-order valence-corrected chi connectivity index (χ2v) is 3.18. The Bertz CT molecular complexity index is 154. The fraction of sp³-hybridized carbons (Fsp3) is 0.875. The van der Waals surface area contributed by atoms with E-state index in [1.807, 2.05) is 0 Å². The van der Waals surface area contributed by atoms with Crippen LogP contribution in [0.1, 0.15) is 33.6 Å². The van der Waals surface area contributed by atoms with E-state index >= 15 is 0 Å². The Labute approximate surface area is 67.8 Å². The maximum Gasteiger partial charge on any atom is 0.179 e. The number of rotatable bonds is 3. The lowest BCUT2D eigenvalue weighted by Crippen LogP contribution is -2.20. The van der Waals surface area contributed by atoms with E-state index in [1.165, 1.54) is 0 Å². The number of hydroxylamine groups is 1. The molecule has 0 fully saturated rings. The minimum absolute atomic E-state index is 0.0246. The summed E-state index contributed by atoms with van der Waals surface area (Å²) >= 11 is 0. The lowest BCUT2D eigenvalue weighted by atomic mass is 10.2. The van der Waals surface area contributed by atoms with Crippen LogP contribution in [0.5, 0.6) is 0 Å². The van der Waals surface area contributed by atoms with Crippen molar-refractivity contribution >= 4 is 5.84 Å². The second-order valence-electron chi connectivity index (χ2n) is 3.18. The van der Waals surface area contributed by atoms with E-state index in [4.69, 9.17) is 4.84 Å². The van der Waals surface area contributed by atoms with Crippen LogP contribution in [0.3, 0.4) is 0 Å². The van der Waals surface area contributed by atoms with Crippen molar-refractivity contribution in [3.8, 4) is 0 Å². The average molecular weight is 156 g/mol. The molecule has 0 amide bonds. The Morgan fingerprint density at radius 1 is 1.64 bits per heavy atom. The SMILES string of the molecule is CCCC1=NC(C(C)C)ON1. The molecule has 1 N–H and O–H groups in total. The molecule has 0 aromatic rings. The van der Waals surface area contributed by atoms with E-state index in [1.54, 1.807) is 0 Å².